The Hall–Kier alpha value is -8.08. The number of benzene rings is 9. The molecule has 0 spiro atoms. The van der Waals surface area contributed by atoms with Crippen molar-refractivity contribution in [1.82, 2.24) is 4.57 Å². The maximum atomic E-state index is 6.30. The molecule has 0 atom stereocenters. The van der Waals surface area contributed by atoms with E-state index in [1.165, 1.54) is 27.4 Å². The lowest BCUT2D eigenvalue weighted by atomic mass is 10.0. The van der Waals surface area contributed by atoms with Crippen molar-refractivity contribution in [2.75, 3.05) is 4.90 Å². The Labute approximate surface area is 346 Å². The highest BCUT2D eigenvalue weighted by atomic mass is 16.3. The Kier molecular flexibility index (Phi) is 7.82. The van der Waals surface area contributed by atoms with Gasteiger partial charge in [-0.1, -0.05) is 121 Å². The molecule has 4 nitrogen and oxygen atoms in total. The first-order valence-electron chi connectivity index (χ1n) is 20.3. The van der Waals surface area contributed by atoms with E-state index in [-0.39, 0.29) is 0 Å². The second-order valence-electron chi connectivity index (χ2n) is 15.4. The van der Waals surface area contributed by atoms with Crippen LogP contribution in [0.1, 0.15) is 0 Å². The number of rotatable bonds is 7. The summed E-state index contributed by atoms with van der Waals surface area (Å²) in [5, 5.41) is 5.75. The Morgan fingerprint density at radius 2 is 0.850 bits per heavy atom. The van der Waals surface area contributed by atoms with Crippen LogP contribution in [0.2, 0.25) is 0 Å². The molecule has 0 amide bonds. The van der Waals surface area contributed by atoms with Crippen LogP contribution in [0.15, 0.2) is 227 Å². The minimum absolute atomic E-state index is 0.860. The summed E-state index contributed by atoms with van der Waals surface area (Å²) >= 11 is 0. The van der Waals surface area contributed by atoms with Gasteiger partial charge in [0.2, 0.25) is 0 Å². The molecule has 0 N–H and O–H groups in total. The second-order valence-corrected chi connectivity index (χ2v) is 15.4. The van der Waals surface area contributed by atoms with Crippen LogP contribution in [0.5, 0.6) is 0 Å². The summed E-state index contributed by atoms with van der Waals surface area (Å²) in [6.45, 7) is 0. The zero-order chi connectivity index (χ0) is 39.6. The van der Waals surface area contributed by atoms with Gasteiger partial charge in [-0.25, -0.2) is 0 Å². The van der Waals surface area contributed by atoms with Crippen LogP contribution in [-0.2, 0) is 0 Å². The van der Waals surface area contributed by atoms with Crippen LogP contribution in [0.25, 0.3) is 94.0 Å². The molecule has 0 unspecified atom stereocenters. The molecule has 60 heavy (non-hydrogen) atoms. The summed E-state index contributed by atoms with van der Waals surface area (Å²) in [4.78, 5) is 2.31. The van der Waals surface area contributed by atoms with Gasteiger partial charge in [-0.3, -0.25) is 0 Å². The second kappa shape index (κ2) is 13.8. The highest BCUT2D eigenvalue weighted by Gasteiger charge is 2.18. The molecule has 12 rings (SSSR count). The van der Waals surface area contributed by atoms with E-state index in [0.717, 1.165) is 83.6 Å². The minimum atomic E-state index is 0.860. The maximum absolute atomic E-state index is 6.30. The van der Waals surface area contributed by atoms with Crippen molar-refractivity contribution in [2.24, 2.45) is 0 Å². The summed E-state index contributed by atoms with van der Waals surface area (Å²) in [6, 6.07) is 77.4. The van der Waals surface area contributed by atoms with Crippen LogP contribution in [-0.4, -0.2) is 4.57 Å². The molecule has 0 bridgehead atoms. The van der Waals surface area contributed by atoms with Crippen LogP contribution in [0.3, 0.4) is 0 Å². The summed E-state index contributed by atoms with van der Waals surface area (Å²) in [7, 11) is 0. The average molecular weight is 769 g/mol. The fourth-order valence-electron chi connectivity index (χ4n) is 8.85. The van der Waals surface area contributed by atoms with Crippen molar-refractivity contribution in [2.45, 2.75) is 0 Å². The van der Waals surface area contributed by atoms with Gasteiger partial charge in [0.1, 0.15) is 22.5 Å². The van der Waals surface area contributed by atoms with E-state index in [1.807, 2.05) is 30.3 Å². The maximum Gasteiger partial charge on any atom is 0.136 e. The summed E-state index contributed by atoms with van der Waals surface area (Å²) in [5.74, 6) is 0.860. The quantitative estimate of drug-likeness (QED) is 0.162. The number of hydrogen-bond donors (Lipinski definition) is 0. The Bertz CT molecular complexity index is 3470. The molecule has 0 fully saturated rings. The lowest BCUT2D eigenvalue weighted by molar-refractivity contribution is 0.631. The highest BCUT2D eigenvalue weighted by molar-refractivity contribution is 6.17. The van der Waals surface area contributed by atoms with Crippen molar-refractivity contribution in [3.63, 3.8) is 0 Å². The van der Waals surface area contributed by atoms with Gasteiger partial charge in [0.25, 0.3) is 0 Å². The lowest BCUT2D eigenvalue weighted by Crippen LogP contribution is -2.09. The molecule has 282 valence electrons. The average Bonchev–Trinajstić information content (AvgIpc) is 4.01. The first-order valence-corrected chi connectivity index (χ1v) is 20.3. The topological polar surface area (TPSA) is 34.5 Å². The van der Waals surface area contributed by atoms with Gasteiger partial charge in [0.15, 0.2) is 0 Å². The number of para-hydroxylation sites is 3. The summed E-state index contributed by atoms with van der Waals surface area (Å²) in [6.07, 6.45) is 0. The molecular formula is C56H36N2O2. The predicted octanol–water partition coefficient (Wildman–Crippen LogP) is 15.9. The molecule has 0 aliphatic carbocycles. The van der Waals surface area contributed by atoms with Crippen LogP contribution in [0.4, 0.5) is 17.1 Å². The SMILES string of the molecule is c1ccc(-c2ccc(N(c3ccc(-c4ccc(-n5c6ccccc6c6cc7oc8ccccc8c7cc65)cc4)cc3)c3ccc(-c4cc5ccccc5o4)cc3)cc2)cc1. The number of furan rings is 2. The van der Waals surface area contributed by atoms with Gasteiger partial charge in [-0.15, -0.1) is 0 Å². The molecule has 9 aromatic carbocycles. The third-order valence-electron chi connectivity index (χ3n) is 11.8. The molecule has 3 aromatic heterocycles. The van der Waals surface area contributed by atoms with Crippen molar-refractivity contribution in [1.29, 1.82) is 0 Å². The zero-order valence-electron chi connectivity index (χ0n) is 32.5. The Morgan fingerprint density at radius 1 is 0.317 bits per heavy atom. The van der Waals surface area contributed by atoms with Gasteiger partial charge < -0.3 is 18.3 Å². The van der Waals surface area contributed by atoms with Gasteiger partial charge >= 0.3 is 0 Å². The van der Waals surface area contributed by atoms with Gasteiger partial charge in [0.05, 0.1) is 11.0 Å². The summed E-state index contributed by atoms with van der Waals surface area (Å²) in [5.41, 5.74) is 15.1. The molecular weight excluding hydrogens is 733 g/mol. The third kappa shape index (κ3) is 5.69. The zero-order valence-corrected chi connectivity index (χ0v) is 32.5. The number of aromatic nitrogens is 1. The van der Waals surface area contributed by atoms with Crippen molar-refractivity contribution >= 4 is 71.8 Å². The summed E-state index contributed by atoms with van der Waals surface area (Å²) < 4.78 is 14.9. The molecule has 12 aromatic rings. The highest BCUT2D eigenvalue weighted by Crippen LogP contribution is 2.40. The smallest absolute Gasteiger partial charge is 0.136 e. The molecule has 0 radical (unpaired) electrons. The number of anilines is 3. The first kappa shape index (κ1) is 34.0. The molecule has 3 heterocycles. The van der Waals surface area contributed by atoms with Crippen molar-refractivity contribution in [3.8, 4) is 39.3 Å². The Balaban J connectivity index is 0.896. The van der Waals surface area contributed by atoms with Crippen molar-refractivity contribution in [3.05, 3.63) is 218 Å². The van der Waals surface area contributed by atoms with E-state index >= 15 is 0 Å². The van der Waals surface area contributed by atoms with E-state index in [2.05, 4.69) is 198 Å². The lowest BCUT2D eigenvalue weighted by Gasteiger charge is -2.26. The number of nitrogens with zero attached hydrogens (tertiary/aromatic N) is 2. The molecule has 4 heteroatoms. The fraction of sp³-hybridized carbons (Fsp3) is 0. The third-order valence-corrected chi connectivity index (χ3v) is 11.8. The van der Waals surface area contributed by atoms with Gasteiger partial charge in [-0.05, 0) is 119 Å². The number of hydrogen-bond acceptors (Lipinski definition) is 3. The fourth-order valence-corrected chi connectivity index (χ4v) is 8.85. The van der Waals surface area contributed by atoms with Crippen molar-refractivity contribution < 1.29 is 8.83 Å². The van der Waals surface area contributed by atoms with E-state index in [1.54, 1.807) is 0 Å². The number of fused-ring (bicyclic) bond motifs is 7. The molecule has 0 aliphatic heterocycles. The van der Waals surface area contributed by atoms with E-state index in [0.29, 0.717) is 0 Å². The minimum Gasteiger partial charge on any atom is -0.456 e. The standard InChI is InChI=1S/C56H36N2O2/c1-2-10-37(11-3-1)38-18-26-43(27-19-38)57(45-32-24-41(25-33-45)55-34-42-12-4-8-16-53(42)59-55)44-28-20-39(21-29-44)40-22-30-46(31-23-40)58-51-15-7-5-13-47(51)49-36-56-50(35-52(49)58)48-14-6-9-17-54(48)60-56/h1-36H. The van der Waals surface area contributed by atoms with E-state index in [9.17, 15) is 0 Å². The van der Waals surface area contributed by atoms with Crippen LogP contribution in [0, 0.1) is 0 Å². The van der Waals surface area contributed by atoms with Gasteiger partial charge in [-0.2, -0.15) is 0 Å². The Morgan fingerprint density at radius 3 is 1.52 bits per heavy atom. The molecule has 0 aliphatic rings. The largest absolute Gasteiger partial charge is 0.456 e. The monoisotopic (exact) mass is 768 g/mol. The predicted molar refractivity (Wildman–Crippen MR) is 249 cm³/mol. The van der Waals surface area contributed by atoms with Gasteiger partial charge in [0, 0.05) is 55.2 Å². The normalized spacial score (nSPS) is 11.7. The molecule has 0 saturated heterocycles. The van der Waals surface area contributed by atoms with E-state index in [4.69, 9.17) is 8.83 Å². The first-order chi connectivity index (χ1) is 29.7. The van der Waals surface area contributed by atoms with E-state index < -0.39 is 0 Å². The van der Waals surface area contributed by atoms with Crippen LogP contribution >= 0.6 is 0 Å². The molecule has 0 saturated carbocycles. The van der Waals surface area contributed by atoms with Crippen LogP contribution < -0.4 is 4.90 Å².